The van der Waals surface area contributed by atoms with E-state index in [1.807, 2.05) is 38.2 Å². The van der Waals surface area contributed by atoms with E-state index in [0.29, 0.717) is 25.7 Å². The van der Waals surface area contributed by atoms with Crippen molar-refractivity contribution in [2.24, 2.45) is 11.8 Å². The molecular formula is C39H65F3O6Si2. The number of esters is 1. The molecule has 1 aromatic rings. The number of Topliss-reactive ketones (excluding diaryl/α,β-unsaturated/α-hetero) is 1. The van der Waals surface area contributed by atoms with Crippen LogP contribution in [-0.4, -0.2) is 53.3 Å². The van der Waals surface area contributed by atoms with Gasteiger partial charge in [0.2, 0.25) is 0 Å². The van der Waals surface area contributed by atoms with Crippen LogP contribution in [0.15, 0.2) is 48.6 Å². The van der Waals surface area contributed by atoms with Crippen LogP contribution in [-0.2, 0) is 29.4 Å². The van der Waals surface area contributed by atoms with Crippen LogP contribution in [0.5, 0.6) is 5.75 Å². The van der Waals surface area contributed by atoms with Crippen LogP contribution in [0.1, 0.15) is 100 Å². The van der Waals surface area contributed by atoms with E-state index in [1.165, 1.54) is 12.1 Å². The first-order chi connectivity index (χ1) is 23.5. The summed E-state index contributed by atoms with van der Waals surface area (Å²) in [6.07, 6.45) is 4.85. The summed E-state index contributed by atoms with van der Waals surface area (Å²) in [5.74, 6) is -0.668. The van der Waals surface area contributed by atoms with Crippen molar-refractivity contribution in [1.82, 2.24) is 0 Å². The Bertz CT molecular complexity index is 1180. The summed E-state index contributed by atoms with van der Waals surface area (Å²) in [7, 11) is -4.20. The average Bonchev–Trinajstić information content (AvgIpc) is 3.08. The van der Waals surface area contributed by atoms with E-state index in [0.717, 1.165) is 48.4 Å². The Balaban J connectivity index is 3.46. The molecule has 0 aliphatic carbocycles. The van der Waals surface area contributed by atoms with Gasteiger partial charge in [-0.05, 0) is 101 Å². The molecule has 0 aliphatic heterocycles. The van der Waals surface area contributed by atoms with E-state index in [2.05, 4.69) is 48.5 Å². The van der Waals surface area contributed by atoms with Crippen LogP contribution in [0.3, 0.4) is 0 Å². The first kappa shape index (κ1) is 45.8. The van der Waals surface area contributed by atoms with Crippen molar-refractivity contribution in [3.8, 4) is 5.75 Å². The zero-order chi connectivity index (χ0) is 38.0. The maximum Gasteiger partial charge on any atom is 0.416 e. The molecule has 4 atom stereocenters. The number of halogens is 3. The van der Waals surface area contributed by atoms with Crippen LogP contribution in [0.4, 0.5) is 13.2 Å². The molecule has 0 heterocycles. The normalized spacial score (nSPS) is 15.4. The van der Waals surface area contributed by atoms with Gasteiger partial charge in [0, 0.05) is 24.4 Å². The van der Waals surface area contributed by atoms with Gasteiger partial charge in [-0.1, -0.05) is 71.9 Å². The van der Waals surface area contributed by atoms with E-state index in [4.69, 9.17) is 18.3 Å². The molecule has 0 radical (unpaired) electrons. The number of hydrogen-bond donors (Lipinski definition) is 0. The highest BCUT2D eigenvalue weighted by Crippen LogP contribution is 2.33. The number of rotatable bonds is 25. The number of ether oxygens (including phenoxy) is 2. The van der Waals surface area contributed by atoms with Gasteiger partial charge in [-0.3, -0.25) is 9.59 Å². The maximum absolute atomic E-state index is 13.4. The van der Waals surface area contributed by atoms with Crippen LogP contribution in [0, 0.1) is 11.8 Å². The number of unbranched alkanes of at least 4 members (excludes halogenated alkanes) is 1. The lowest BCUT2D eigenvalue weighted by Gasteiger charge is -2.37. The molecule has 6 nitrogen and oxygen atoms in total. The minimum absolute atomic E-state index is 0.0377. The average molecular weight is 743 g/mol. The standard InChI is InChI=1S/C39H65F3O6Si2/c1-11-49(12-2,13-3)47-32(10)37(36(31(9)43)24-19-17-18-20-25-38(44)46-30(7)8)27-26-35(48-50(14-4,15-5)16-6)29-45-34-23-21-22-33(28-34)39(40,41)42/h17,19,21-23,26-28,30,32,35-37H,11-16,18,20,24-25,29H2,1-10H3/b19-17-,27-26+/t32-,35-,36+,37+/m1/s1. The van der Waals surface area contributed by atoms with Crippen molar-refractivity contribution in [2.75, 3.05) is 6.61 Å². The second-order valence-electron chi connectivity index (χ2n) is 13.6. The van der Waals surface area contributed by atoms with E-state index in [1.54, 1.807) is 6.92 Å². The lowest BCUT2D eigenvalue weighted by Crippen LogP contribution is -2.43. The van der Waals surface area contributed by atoms with Gasteiger partial charge < -0.3 is 18.3 Å². The summed E-state index contributed by atoms with van der Waals surface area (Å²) < 4.78 is 65.2. The SMILES string of the molecule is CC[Si](CC)(CC)O[C@H](/C=C/[C@@H]([C@@H](C)O[Si](CC)(CC)CC)[C@@H](C/C=C\CCCC(=O)OC(C)C)C(C)=O)COc1cccc(C(F)(F)F)c1. The van der Waals surface area contributed by atoms with Gasteiger partial charge in [0.25, 0.3) is 0 Å². The van der Waals surface area contributed by atoms with Crippen molar-refractivity contribution in [3.63, 3.8) is 0 Å². The Morgan fingerprint density at radius 2 is 1.42 bits per heavy atom. The van der Waals surface area contributed by atoms with Gasteiger partial charge in [0.1, 0.15) is 18.1 Å². The van der Waals surface area contributed by atoms with Crippen LogP contribution < -0.4 is 4.74 Å². The van der Waals surface area contributed by atoms with Gasteiger partial charge in [-0.25, -0.2) is 0 Å². The van der Waals surface area contributed by atoms with Crippen molar-refractivity contribution < 1.29 is 41.1 Å². The molecule has 0 aliphatic rings. The molecule has 0 N–H and O–H groups in total. The Hall–Kier alpha value is -2.22. The van der Waals surface area contributed by atoms with E-state index in [-0.39, 0.29) is 48.2 Å². The number of carbonyl (C=O) groups is 2. The fraction of sp³-hybridized carbons (Fsp3) is 0.692. The molecule has 1 aromatic carbocycles. The van der Waals surface area contributed by atoms with Crippen molar-refractivity contribution >= 4 is 28.4 Å². The summed E-state index contributed by atoms with van der Waals surface area (Å²) in [5, 5.41) is 0. The summed E-state index contributed by atoms with van der Waals surface area (Å²) >= 11 is 0. The molecule has 0 unspecified atom stereocenters. The van der Waals surface area contributed by atoms with E-state index in [9.17, 15) is 22.8 Å². The third kappa shape index (κ3) is 15.6. The quantitative estimate of drug-likeness (QED) is 0.0430. The Kier molecular flexibility index (Phi) is 20.8. The minimum Gasteiger partial charge on any atom is -0.491 e. The first-order valence-corrected chi connectivity index (χ1v) is 23.8. The smallest absolute Gasteiger partial charge is 0.416 e. The summed E-state index contributed by atoms with van der Waals surface area (Å²) in [5.41, 5.74) is -0.767. The van der Waals surface area contributed by atoms with E-state index < -0.39 is 34.5 Å². The molecule has 0 bridgehead atoms. The molecule has 0 saturated carbocycles. The number of carbonyl (C=O) groups excluding carboxylic acids is 2. The summed E-state index contributed by atoms with van der Waals surface area (Å²) in [6, 6.07) is 10.5. The highest BCUT2D eigenvalue weighted by Gasteiger charge is 2.37. The summed E-state index contributed by atoms with van der Waals surface area (Å²) in [4.78, 5) is 25.2. The first-order valence-electron chi connectivity index (χ1n) is 18.7. The molecule has 1 rings (SSSR count). The van der Waals surface area contributed by atoms with Crippen molar-refractivity contribution in [2.45, 2.75) is 156 Å². The monoisotopic (exact) mass is 742 g/mol. The predicted octanol–water partition coefficient (Wildman–Crippen LogP) is 11.3. The number of ketones is 1. The zero-order valence-electron chi connectivity index (χ0n) is 32.4. The fourth-order valence-corrected chi connectivity index (χ4v) is 12.1. The third-order valence-electron chi connectivity index (χ3n) is 10.0. The van der Waals surface area contributed by atoms with E-state index >= 15 is 0 Å². The number of benzene rings is 1. The van der Waals surface area contributed by atoms with Gasteiger partial charge in [-0.15, -0.1) is 0 Å². The van der Waals surface area contributed by atoms with Crippen LogP contribution in [0.25, 0.3) is 0 Å². The van der Waals surface area contributed by atoms with Gasteiger partial charge in [0.05, 0.1) is 17.8 Å². The van der Waals surface area contributed by atoms with Crippen LogP contribution in [0.2, 0.25) is 36.3 Å². The third-order valence-corrected chi connectivity index (χ3v) is 19.4. The van der Waals surface area contributed by atoms with Crippen molar-refractivity contribution in [1.29, 1.82) is 0 Å². The molecule has 0 spiro atoms. The molecule has 0 aromatic heterocycles. The van der Waals surface area contributed by atoms with Crippen LogP contribution >= 0.6 is 0 Å². The number of allylic oxidation sites excluding steroid dienone is 2. The molecule has 286 valence electrons. The lowest BCUT2D eigenvalue weighted by atomic mass is 9.82. The number of alkyl halides is 3. The van der Waals surface area contributed by atoms with Gasteiger partial charge in [0.15, 0.2) is 16.6 Å². The largest absolute Gasteiger partial charge is 0.491 e. The highest BCUT2D eigenvalue weighted by atomic mass is 28.4. The molecule has 50 heavy (non-hydrogen) atoms. The predicted molar refractivity (Wildman–Crippen MR) is 202 cm³/mol. The van der Waals surface area contributed by atoms with Gasteiger partial charge in [-0.2, -0.15) is 13.2 Å². The maximum atomic E-state index is 13.4. The Morgan fingerprint density at radius 1 is 0.840 bits per heavy atom. The molecule has 0 amide bonds. The minimum atomic E-state index is -4.48. The lowest BCUT2D eigenvalue weighted by molar-refractivity contribution is -0.147. The Labute approximate surface area is 302 Å². The fourth-order valence-electron chi connectivity index (χ4n) is 6.37. The van der Waals surface area contributed by atoms with Gasteiger partial charge >= 0.3 is 12.1 Å². The second kappa shape index (κ2) is 22.7. The second-order valence-corrected chi connectivity index (χ2v) is 23.1. The van der Waals surface area contributed by atoms with Crippen molar-refractivity contribution in [3.05, 3.63) is 54.1 Å². The zero-order valence-corrected chi connectivity index (χ0v) is 34.4. The highest BCUT2D eigenvalue weighted by molar-refractivity contribution is 6.74. The Morgan fingerprint density at radius 3 is 1.94 bits per heavy atom. The summed E-state index contributed by atoms with van der Waals surface area (Å²) in [6.45, 7) is 20.3. The molecular weight excluding hydrogens is 678 g/mol. The molecule has 0 fully saturated rings. The number of hydrogen-bond acceptors (Lipinski definition) is 6. The molecule has 11 heteroatoms. The topological polar surface area (TPSA) is 71.1 Å². The molecule has 0 saturated heterocycles.